The van der Waals surface area contributed by atoms with Gasteiger partial charge in [-0.1, -0.05) is 0 Å². The first-order valence-electron chi connectivity index (χ1n) is 6.44. The fourth-order valence-electron chi connectivity index (χ4n) is 2.19. The number of piperidine rings is 1. The van der Waals surface area contributed by atoms with Crippen LogP contribution in [0.2, 0.25) is 0 Å². The molecule has 0 bridgehead atoms. The van der Waals surface area contributed by atoms with Crippen LogP contribution in [0.1, 0.15) is 23.2 Å². The molecule has 6 heteroatoms. The van der Waals surface area contributed by atoms with E-state index in [2.05, 4.69) is 0 Å². The zero-order chi connectivity index (χ0) is 14.5. The summed E-state index contributed by atoms with van der Waals surface area (Å²) in [6.07, 6.45) is 1.10. The summed E-state index contributed by atoms with van der Waals surface area (Å²) in [6, 6.07) is 5.45. The van der Waals surface area contributed by atoms with Crippen molar-refractivity contribution in [1.29, 1.82) is 0 Å². The Hall–Kier alpha value is -1.95. The van der Waals surface area contributed by atoms with Gasteiger partial charge in [-0.25, -0.2) is 9.18 Å². The lowest BCUT2D eigenvalue weighted by molar-refractivity contribution is -0.145. The number of likely N-dealkylation sites (tertiary alicyclic amines) is 1. The quantitative estimate of drug-likeness (QED) is 0.909. The molecular formula is C14H16FNO4. The molecule has 1 heterocycles. The first kappa shape index (κ1) is 14.5. The largest absolute Gasteiger partial charge is 0.480 e. The molecule has 0 aromatic heterocycles. The Balaban J connectivity index is 1.85. The summed E-state index contributed by atoms with van der Waals surface area (Å²) in [4.78, 5) is 24.2. The molecule has 1 aliphatic heterocycles. The van der Waals surface area contributed by atoms with Crippen LogP contribution in [0.3, 0.4) is 0 Å². The topological polar surface area (TPSA) is 66.8 Å². The minimum absolute atomic E-state index is 0.122. The lowest BCUT2D eigenvalue weighted by Crippen LogP contribution is -2.41. The number of hydrogen-bond donors (Lipinski definition) is 1. The van der Waals surface area contributed by atoms with Crippen molar-refractivity contribution in [3.05, 3.63) is 35.6 Å². The van der Waals surface area contributed by atoms with Crippen molar-refractivity contribution in [2.45, 2.75) is 18.9 Å². The van der Waals surface area contributed by atoms with E-state index < -0.39 is 5.97 Å². The van der Waals surface area contributed by atoms with Gasteiger partial charge in [0.05, 0.1) is 6.10 Å². The molecule has 1 amide bonds. The molecule has 0 spiro atoms. The highest BCUT2D eigenvalue weighted by molar-refractivity contribution is 5.94. The number of amides is 1. The maximum Gasteiger partial charge on any atom is 0.329 e. The molecule has 0 saturated carbocycles. The third-order valence-electron chi connectivity index (χ3n) is 3.26. The number of carboxylic acid groups (broad SMARTS) is 1. The van der Waals surface area contributed by atoms with Crippen molar-refractivity contribution in [3.63, 3.8) is 0 Å². The van der Waals surface area contributed by atoms with Crippen LogP contribution in [-0.2, 0) is 9.53 Å². The molecule has 108 valence electrons. The predicted octanol–water partition coefficient (Wildman–Crippen LogP) is 1.53. The van der Waals surface area contributed by atoms with E-state index in [0.717, 1.165) is 0 Å². The van der Waals surface area contributed by atoms with Crippen LogP contribution in [-0.4, -0.2) is 47.7 Å². The second kappa shape index (κ2) is 6.47. The molecule has 20 heavy (non-hydrogen) atoms. The number of nitrogens with zero attached hydrogens (tertiary/aromatic N) is 1. The fourth-order valence-corrected chi connectivity index (χ4v) is 2.19. The van der Waals surface area contributed by atoms with E-state index in [1.165, 1.54) is 24.3 Å². The minimum Gasteiger partial charge on any atom is -0.480 e. The third kappa shape index (κ3) is 3.77. The van der Waals surface area contributed by atoms with Gasteiger partial charge in [-0.3, -0.25) is 4.79 Å². The predicted molar refractivity (Wildman–Crippen MR) is 68.9 cm³/mol. The third-order valence-corrected chi connectivity index (χ3v) is 3.26. The Kier molecular flexibility index (Phi) is 4.68. The molecule has 1 saturated heterocycles. The van der Waals surface area contributed by atoms with Crippen LogP contribution >= 0.6 is 0 Å². The van der Waals surface area contributed by atoms with Crippen molar-refractivity contribution in [1.82, 2.24) is 4.90 Å². The van der Waals surface area contributed by atoms with E-state index in [4.69, 9.17) is 9.84 Å². The van der Waals surface area contributed by atoms with Crippen LogP contribution in [0.4, 0.5) is 4.39 Å². The molecule has 1 aromatic rings. The van der Waals surface area contributed by atoms with Gasteiger partial charge < -0.3 is 14.7 Å². The number of carboxylic acids is 1. The van der Waals surface area contributed by atoms with Crippen LogP contribution in [0.25, 0.3) is 0 Å². The van der Waals surface area contributed by atoms with Gasteiger partial charge in [0.25, 0.3) is 5.91 Å². The molecule has 0 aliphatic carbocycles. The van der Waals surface area contributed by atoms with E-state index in [9.17, 15) is 14.0 Å². The van der Waals surface area contributed by atoms with Crippen LogP contribution in [0.15, 0.2) is 24.3 Å². The van der Waals surface area contributed by atoms with Crippen LogP contribution < -0.4 is 0 Å². The summed E-state index contributed by atoms with van der Waals surface area (Å²) >= 11 is 0. The number of rotatable bonds is 4. The normalized spacial score (nSPS) is 16.1. The highest BCUT2D eigenvalue weighted by atomic mass is 19.1. The Labute approximate surface area is 116 Å². The highest BCUT2D eigenvalue weighted by Gasteiger charge is 2.24. The number of hydrogen-bond acceptors (Lipinski definition) is 3. The number of aliphatic carboxylic acids is 1. The summed E-state index contributed by atoms with van der Waals surface area (Å²) in [5.41, 5.74) is 0.455. The zero-order valence-electron chi connectivity index (χ0n) is 10.9. The minimum atomic E-state index is -0.991. The number of carbonyl (C=O) groups excluding carboxylic acids is 1. The van der Waals surface area contributed by atoms with Gasteiger partial charge in [0.15, 0.2) is 0 Å². The summed E-state index contributed by atoms with van der Waals surface area (Å²) < 4.78 is 18.0. The highest BCUT2D eigenvalue weighted by Crippen LogP contribution is 2.16. The van der Waals surface area contributed by atoms with Crippen molar-refractivity contribution in [2.75, 3.05) is 19.7 Å². The van der Waals surface area contributed by atoms with E-state index in [-0.39, 0.29) is 24.4 Å². The SMILES string of the molecule is O=C(O)COC1CCN(C(=O)c2ccc(F)cc2)CC1. The van der Waals surface area contributed by atoms with Gasteiger partial charge in [-0.05, 0) is 37.1 Å². The molecule has 1 aromatic carbocycles. The average Bonchev–Trinajstić information content (AvgIpc) is 2.46. The summed E-state index contributed by atoms with van der Waals surface area (Å²) in [6.45, 7) is 0.720. The van der Waals surface area contributed by atoms with E-state index in [0.29, 0.717) is 31.5 Å². The molecule has 1 fully saturated rings. The number of halogens is 1. The van der Waals surface area contributed by atoms with Crippen LogP contribution in [0, 0.1) is 5.82 Å². The van der Waals surface area contributed by atoms with Gasteiger partial charge in [-0.15, -0.1) is 0 Å². The van der Waals surface area contributed by atoms with Gasteiger partial charge in [0, 0.05) is 18.7 Å². The smallest absolute Gasteiger partial charge is 0.329 e. The molecule has 1 N–H and O–H groups in total. The van der Waals surface area contributed by atoms with Crippen LogP contribution in [0.5, 0.6) is 0 Å². The Morgan fingerprint density at radius 2 is 1.85 bits per heavy atom. The monoisotopic (exact) mass is 281 g/mol. The fraction of sp³-hybridized carbons (Fsp3) is 0.429. The lowest BCUT2D eigenvalue weighted by atomic mass is 10.1. The van der Waals surface area contributed by atoms with Gasteiger partial charge in [0.2, 0.25) is 0 Å². The number of ether oxygens (including phenoxy) is 1. The van der Waals surface area contributed by atoms with Gasteiger partial charge in [-0.2, -0.15) is 0 Å². The molecule has 0 unspecified atom stereocenters. The summed E-state index contributed by atoms with van der Waals surface area (Å²) in [7, 11) is 0. The Bertz CT molecular complexity index is 480. The second-order valence-electron chi connectivity index (χ2n) is 4.70. The van der Waals surface area contributed by atoms with Crippen molar-refractivity contribution >= 4 is 11.9 Å². The van der Waals surface area contributed by atoms with Crippen molar-refractivity contribution in [2.24, 2.45) is 0 Å². The summed E-state index contributed by atoms with van der Waals surface area (Å²) in [5.74, 6) is -1.50. The van der Waals surface area contributed by atoms with E-state index >= 15 is 0 Å². The average molecular weight is 281 g/mol. The van der Waals surface area contributed by atoms with Crippen molar-refractivity contribution < 1.29 is 23.8 Å². The molecule has 1 aliphatic rings. The standard InChI is InChI=1S/C14H16FNO4/c15-11-3-1-10(2-4-11)14(19)16-7-5-12(6-8-16)20-9-13(17)18/h1-4,12H,5-9H2,(H,17,18). The van der Waals surface area contributed by atoms with Gasteiger partial charge >= 0.3 is 5.97 Å². The molecular weight excluding hydrogens is 265 g/mol. The number of carbonyl (C=O) groups is 2. The lowest BCUT2D eigenvalue weighted by Gasteiger charge is -2.31. The molecule has 0 radical (unpaired) electrons. The Morgan fingerprint density at radius 3 is 2.40 bits per heavy atom. The van der Waals surface area contributed by atoms with Crippen molar-refractivity contribution in [3.8, 4) is 0 Å². The zero-order valence-corrected chi connectivity index (χ0v) is 10.9. The van der Waals surface area contributed by atoms with E-state index in [1.807, 2.05) is 0 Å². The maximum absolute atomic E-state index is 12.8. The first-order valence-corrected chi connectivity index (χ1v) is 6.44. The van der Waals surface area contributed by atoms with Gasteiger partial charge in [0.1, 0.15) is 12.4 Å². The maximum atomic E-state index is 12.8. The molecule has 2 rings (SSSR count). The summed E-state index contributed by atoms with van der Waals surface area (Å²) in [5, 5.41) is 8.54. The second-order valence-corrected chi connectivity index (χ2v) is 4.70. The number of benzene rings is 1. The molecule has 5 nitrogen and oxygen atoms in total. The van der Waals surface area contributed by atoms with E-state index in [1.54, 1.807) is 4.90 Å². The first-order chi connectivity index (χ1) is 9.56. The molecule has 0 atom stereocenters. The Morgan fingerprint density at radius 1 is 1.25 bits per heavy atom.